The highest BCUT2D eigenvalue weighted by molar-refractivity contribution is 5.76. The second kappa shape index (κ2) is 50.9. The molecule has 1 amide bonds. The van der Waals surface area contributed by atoms with Crippen LogP contribution in [-0.2, 0) is 4.79 Å². The van der Waals surface area contributed by atoms with Gasteiger partial charge in [-0.05, 0) is 83.5 Å². The van der Waals surface area contributed by atoms with Gasteiger partial charge in [0.25, 0.3) is 0 Å². The van der Waals surface area contributed by atoms with Crippen molar-refractivity contribution in [2.75, 3.05) is 6.61 Å². The van der Waals surface area contributed by atoms with Crippen LogP contribution in [0.1, 0.15) is 245 Å². The van der Waals surface area contributed by atoms with Crippen molar-refractivity contribution in [2.24, 2.45) is 0 Å². The van der Waals surface area contributed by atoms with Crippen LogP contribution in [0.3, 0.4) is 0 Å². The molecule has 0 bridgehead atoms. The molecule has 0 spiro atoms. The summed E-state index contributed by atoms with van der Waals surface area (Å²) in [6.45, 7) is 4.17. The van der Waals surface area contributed by atoms with Gasteiger partial charge in [0, 0.05) is 6.42 Å². The number of carbonyl (C=O) groups is 1. The van der Waals surface area contributed by atoms with Crippen molar-refractivity contribution in [3.63, 3.8) is 0 Å². The molecular formula is C56H99NO3. The second-order valence-electron chi connectivity index (χ2n) is 17.2. The first-order valence-corrected chi connectivity index (χ1v) is 25.8. The predicted octanol–water partition coefficient (Wildman–Crippen LogP) is 16.8. The number of rotatable bonds is 46. The first kappa shape index (κ1) is 57.6. The molecule has 4 nitrogen and oxygen atoms in total. The minimum Gasteiger partial charge on any atom is -0.394 e. The Kier molecular flexibility index (Phi) is 48.9. The van der Waals surface area contributed by atoms with E-state index < -0.39 is 12.1 Å². The van der Waals surface area contributed by atoms with Crippen molar-refractivity contribution in [1.29, 1.82) is 0 Å². The van der Waals surface area contributed by atoms with Gasteiger partial charge in [-0.15, -0.1) is 0 Å². The van der Waals surface area contributed by atoms with Crippen LogP contribution in [0.25, 0.3) is 0 Å². The van der Waals surface area contributed by atoms with Crippen LogP contribution < -0.4 is 5.32 Å². The molecule has 2 unspecified atom stereocenters. The molecule has 0 rings (SSSR count). The molecule has 0 radical (unpaired) electrons. The summed E-state index contributed by atoms with van der Waals surface area (Å²) < 4.78 is 0. The largest absolute Gasteiger partial charge is 0.394 e. The molecule has 0 aliphatic carbocycles. The number of nitrogens with one attached hydrogen (secondary N) is 1. The number of hydrogen-bond acceptors (Lipinski definition) is 3. The molecule has 3 N–H and O–H groups in total. The van der Waals surface area contributed by atoms with E-state index in [9.17, 15) is 15.0 Å². The van der Waals surface area contributed by atoms with Crippen molar-refractivity contribution >= 4 is 5.91 Å². The van der Waals surface area contributed by atoms with Crippen molar-refractivity contribution in [3.8, 4) is 0 Å². The van der Waals surface area contributed by atoms with Gasteiger partial charge in [-0.2, -0.15) is 0 Å². The Hall–Kier alpha value is -2.43. The van der Waals surface area contributed by atoms with Crippen LogP contribution in [0.2, 0.25) is 0 Å². The van der Waals surface area contributed by atoms with E-state index in [2.05, 4.69) is 92.1 Å². The highest BCUT2D eigenvalue weighted by atomic mass is 16.3. The minimum atomic E-state index is -0.871. The average Bonchev–Trinajstić information content (AvgIpc) is 3.25. The lowest BCUT2D eigenvalue weighted by Crippen LogP contribution is -2.45. The number of carbonyl (C=O) groups excluding carboxylic acids is 1. The maximum Gasteiger partial charge on any atom is 0.220 e. The van der Waals surface area contributed by atoms with Gasteiger partial charge in [0.15, 0.2) is 0 Å². The van der Waals surface area contributed by atoms with Crippen LogP contribution in [0, 0.1) is 0 Å². The van der Waals surface area contributed by atoms with E-state index in [0.717, 1.165) is 64.2 Å². The van der Waals surface area contributed by atoms with Crippen LogP contribution in [-0.4, -0.2) is 34.9 Å². The Morgan fingerprint density at radius 2 is 0.750 bits per heavy atom. The van der Waals surface area contributed by atoms with E-state index in [1.807, 2.05) is 6.08 Å². The first-order chi connectivity index (χ1) is 29.7. The third kappa shape index (κ3) is 46.6. The van der Waals surface area contributed by atoms with E-state index in [1.54, 1.807) is 6.08 Å². The van der Waals surface area contributed by atoms with Gasteiger partial charge in [0.05, 0.1) is 18.8 Å². The Morgan fingerprint density at radius 3 is 1.17 bits per heavy atom. The maximum absolute atomic E-state index is 12.4. The monoisotopic (exact) mass is 834 g/mol. The van der Waals surface area contributed by atoms with Crippen LogP contribution >= 0.6 is 0 Å². The summed E-state index contributed by atoms with van der Waals surface area (Å²) in [5.41, 5.74) is 0. The standard InChI is InChI=1S/C56H99NO3/c1-3-5-7-9-11-13-15-17-19-20-21-22-23-24-25-26-27-28-29-30-31-32-33-34-35-36-38-40-42-44-46-48-50-52-56(60)57-54(53-58)55(59)51-49-47-45-43-41-39-37-18-16-14-12-10-8-6-4-2/h5,7,11,13,16-19,21-22,41,43,49,51,54-55,58-59H,3-4,6,8-10,12,14-15,20,23-40,42,44-48,50,52-53H2,1-2H3,(H,57,60)/b7-5-,13-11-,18-16+,19-17-,22-21-,43-41+,51-49+. The Bertz CT molecular complexity index is 1080. The fourth-order valence-electron chi connectivity index (χ4n) is 7.44. The van der Waals surface area contributed by atoms with Crippen molar-refractivity contribution in [2.45, 2.75) is 257 Å². The zero-order chi connectivity index (χ0) is 43.5. The molecule has 346 valence electrons. The molecule has 2 atom stereocenters. The molecular weight excluding hydrogens is 735 g/mol. The van der Waals surface area contributed by atoms with Crippen molar-refractivity contribution in [3.05, 3.63) is 85.1 Å². The molecule has 60 heavy (non-hydrogen) atoms. The molecule has 0 heterocycles. The first-order valence-electron chi connectivity index (χ1n) is 25.8. The number of hydrogen-bond donors (Lipinski definition) is 3. The Labute approximate surface area is 373 Å². The minimum absolute atomic E-state index is 0.0784. The van der Waals surface area contributed by atoms with Crippen LogP contribution in [0.15, 0.2) is 85.1 Å². The number of amides is 1. The fourth-order valence-corrected chi connectivity index (χ4v) is 7.44. The fraction of sp³-hybridized carbons (Fsp3) is 0.732. The third-order valence-electron chi connectivity index (χ3n) is 11.3. The lowest BCUT2D eigenvalue weighted by molar-refractivity contribution is -0.123. The number of allylic oxidation sites excluding steroid dienone is 13. The third-order valence-corrected chi connectivity index (χ3v) is 11.3. The number of aliphatic hydroxyl groups is 2. The summed E-state index contributed by atoms with van der Waals surface area (Å²) in [4.78, 5) is 12.4. The van der Waals surface area contributed by atoms with Gasteiger partial charge in [-0.25, -0.2) is 0 Å². The summed E-state index contributed by atoms with van der Waals surface area (Å²) >= 11 is 0. The van der Waals surface area contributed by atoms with Gasteiger partial charge in [0.1, 0.15) is 0 Å². The molecule has 0 aliphatic rings. The van der Waals surface area contributed by atoms with Gasteiger partial charge >= 0.3 is 0 Å². The van der Waals surface area contributed by atoms with E-state index in [1.165, 1.54) is 161 Å². The highest BCUT2D eigenvalue weighted by Crippen LogP contribution is 2.16. The summed E-state index contributed by atoms with van der Waals surface area (Å²) in [5.74, 6) is -0.0784. The van der Waals surface area contributed by atoms with Gasteiger partial charge < -0.3 is 15.5 Å². The molecule has 0 fully saturated rings. The molecule has 0 aromatic carbocycles. The quantitative estimate of drug-likeness (QED) is 0.0423. The molecule has 0 saturated carbocycles. The van der Waals surface area contributed by atoms with Gasteiger partial charge in [-0.1, -0.05) is 240 Å². The van der Waals surface area contributed by atoms with E-state index >= 15 is 0 Å². The van der Waals surface area contributed by atoms with Crippen molar-refractivity contribution < 1.29 is 15.0 Å². The smallest absolute Gasteiger partial charge is 0.220 e. The van der Waals surface area contributed by atoms with Crippen LogP contribution in [0.5, 0.6) is 0 Å². The zero-order valence-corrected chi connectivity index (χ0v) is 39.7. The van der Waals surface area contributed by atoms with Crippen LogP contribution in [0.4, 0.5) is 0 Å². The SMILES string of the molecule is CC/C=C\C/C=C\C/C=C\C/C=C\CCCCCCCCCCCCCCCCCCCCCCC(=O)NC(CO)C(O)/C=C/CC/C=C/CC/C=C/CCCCCCC. The normalized spacial score (nSPS) is 13.6. The Morgan fingerprint density at radius 1 is 0.417 bits per heavy atom. The maximum atomic E-state index is 12.4. The average molecular weight is 834 g/mol. The summed E-state index contributed by atoms with van der Waals surface area (Å²) in [6.07, 6.45) is 74.4. The lowest BCUT2D eigenvalue weighted by Gasteiger charge is -2.19. The topological polar surface area (TPSA) is 69.6 Å². The number of aliphatic hydroxyl groups excluding tert-OH is 2. The summed E-state index contributed by atoms with van der Waals surface area (Å²) in [6, 6.07) is -0.647. The summed E-state index contributed by atoms with van der Waals surface area (Å²) in [5, 5.41) is 23.0. The predicted molar refractivity (Wildman–Crippen MR) is 267 cm³/mol. The van der Waals surface area contributed by atoms with E-state index in [0.29, 0.717) is 6.42 Å². The van der Waals surface area contributed by atoms with E-state index in [4.69, 9.17) is 0 Å². The van der Waals surface area contributed by atoms with E-state index in [-0.39, 0.29) is 12.5 Å². The Balaban J connectivity index is 3.50. The van der Waals surface area contributed by atoms with Crippen molar-refractivity contribution in [1.82, 2.24) is 5.32 Å². The van der Waals surface area contributed by atoms with Gasteiger partial charge in [0.2, 0.25) is 5.91 Å². The zero-order valence-electron chi connectivity index (χ0n) is 39.7. The lowest BCUT2D eigenvalue weighted by atomic mass is 10.0. The molecule has 0 aromatic heterocycles. The number of unbranched alkanes of at least 4 members (excludes halogenated alkanes) is 27. The molecule has 0 aromatic rings. The molecule has 4 heteroatoms. The highest BCUT2D eigenvalue weighted by Gasteiger charge is 2.17. The van der Waals surface area contributed by atoms with Gasteiger partial charge in [-0.3, -0.25) is 4.79 Å². The molecule has 0 aliphatic heterocycles. The molecule has 0 saturated heterocycles. The second-order valence-corrected chi connectivity index (χ2v) is 17.2. The summed E-state index contributed by atoms with van der Waals surface area (Å²) in [7, 11) is 0.